The van der Waals surface area contributed by atoms with Crippen molar-refractivity contribution in [2.24, 2.45) is 23.7 Å². The molecule has 4 aliphatic carbocycles. The van der Waals surface area contributed by atoms with Crippen molar-refractivity contribution >= 4 is 93.6 Å². The fraction of sp³-hybridized carbons (Fsp3) is 0.357. The third-order valence-corrected chi connectivity index (χ3v) is 30.0. The van der Waals surface area contributed by atoms with Crippen LogP contribution in [0.4, 0.5) is 57.3 Å². The number of morpholine rings is 1. The van der Waals surface area contributed by atoms with Crippen LogP contribution in [0.1, 0.15) is 202 Å². The Morgan fingerprint density at radius 1 is 0.319 bits per heavy atom. The molecule has 5 heterocycles. The van der Waals surface area contributed by atoms with Crippen LogP contribution in [0.3, 0.4) is 0 Å². The number of nitrogens with one attached hydrogen (secondary N) is 2. The molecule has 0 spiro atoms. The molecule has 0 unspecified atom stereocenters. The van der Waals surface area contributed by atoms with Crippen LogP contribution in [0.25, 0.3) is 44.5 Å². The maximum atomic E-state index is 13.5. The quantitative estimate of drug-likeness (QED) is 0.0415. The maximum Gasteiger partial charge on any atom is 0.326 e. The zero-order valence-electron chi connectivity index (χ0n) is 77.9. The summed E-state index contributed by atoms with van der Waals surface area (Å²) < 4.78 is 32.3. The standard InChI is InChI=1S/C30H31NO3.C29H29ClN2O3.C29H28F2N2O3.C27H32N2O4/c32-29(18-21-4-2-1-3-5-21)31-17-16-27-20-26(14-15-28(27)31)25-12-10-24(11-13-25)23-8-6-22(7-9-23)19-30(33)34;30-25-10-12-26(13-11-25)31-29(35)32-16-15-24-18-23(9-14-27(24)32)22-7-5-21(6-8-22)20-3-1-19(2-4-20)17-28(33)34;30-24-15-25(31)17-26(16-24)32-29(36)33-12-11-23-14-22(9-10-27(23)33)21-7-5-20(6-8-21)19-3-1-18(2-4-19)13-28(34)35;30-26(31)17-19-1-3-20(4-2-19)21-5-7-22(8-6-21)23-9-10-25-24(18-23)11-12-29(25)27(32)28-13-15-33-16-14-28/h1-5,10-15,20,22-23H,6-9,16-19H2,(H,33,34);5-14,18-20H,1-4,15-17H2,(H,31,35)(H,33,34);5-10,14-19H,1-4,11-13H2,(H,32,36)(H,34,35);5-10,18-20H,1-4,11-17H2,(H,30,31). The van der Waals surface area contributed by atoms with Crippen LogP contribution in [0, 0.1) is 35.3 Å². The molecule has 6 N–H and O–H groups in total. The van der Waals surface area contributed by atoms with E-state index >= 15 is 0 Å². The molecule has 714 valence electrons. The van der Waals surface area contributed by atoms with Crippen molar-refractivity contribution in [1.29, 1.82) is 0 Å². The average molecular weight is 1880 g/mol. The van der Waals surface area contributed by atoms with Gasteiger partial charge in [-0.2, -0.15) is 0 Å². The second-order valence-electron chi connectivity index (χ2n) is 38.7. The van der Waals surface area contributed by atoms with Gasteiger partial charge in [0.1, 0.15) is 11.6 Å². The van der Waals surface area contributed by atoms with Gasteiger partial charge in [-0.15, -0.1) is 0 Å². The van der Waals surface area contributed by atoms with Crippen molar-refractivity contribution in [2.45, 2.75) is 184 Å². The minimum absolute atomic E-state index is 0.0815. The molecule has 23 heteroatoms. The first-order chi connectivity index (χ1) is 67.0. The number of ether oxygens (including phenoxy) is 1. The van der Waals surface area contributed by atoms with Crippen LogP contribution >= 0.6 is 11.6 Å². The fourth-order valence-electron chi connectivity index (χ4n) is 22.1. The van der Waals surface area contributed by atoms with Crippen molar-refractivity contribution < 1.29 is 72.3 Å². The fourth-order valence-corrected chi connectivity index (χ4v) is 22.2. The number of urea groups is 3. The summed E-state index contributed by atoms with van der Waals surface area (Å²) in [6, 6.07) is 79.9. The van der Waals surface area contributed by atoms with Gasteiger partial charge in [0, 0.05) is 110 Å². The van der Waals surface area contributed by atoms with Gasteiger partial charge in [0.25, 0.3) is 0 Å². The maximum absolute atomic E-state index is 13.5. The summed E-state index contributed by atoms with van der Waals surface area (Å²) in [4.78, 5) is 104. The summed E-state index contributed by atoms with van der Waals surface area (Å²) in [5.74, 6) is -0.739. The number of carbonyl (C=O) groups excluding carboxylic acids is 4. The van der Waals surface area contributed by atoms with Crippen LogP contribution in [-0.4, -0.2) is 126 Å². The Balaban J connectivity index is 0.000000127. The number of nitrogens with zero attached hydrogens (tertiary/aromatic N) is 5. The summed E-state index contributed by atoms with van der Waals surface area (Å²) >= 11 is 5.93. The smallest absolute Gasteiger partial charge is 0.326 e. The number of hydrogen-bond donors (Lipinski definition) is 6. The molecule has 138 heavy (non-hydrogen) atoms. The number of carbonyl (C=O) groups is 8. The van der Waals surface area contributed by atoms with E-state index in [1.807, 2.05) is 63.2 Å². The van der Waals surface area contributed by atoms with Crippen molar-refractivity contribution in [2.75, 3.05) is 82.7 Å². The number of hydrogen-bond acceptors (Lipinski definition) is 9. The molecule has 0 aromatic heterocycles. The normalized spacial score (nSPS) is 20.2. The molecule has 7 amide bonds. The van der Waals surface area contributed by atoms with E-state index in [9.17, 15) is 47.1 Å². The molecular formula is C115H120ClF2N7O13. The van der Waals surface area contributed by atoms with E-state index in [-0.39, 0.29) is 30.1 Å². The molecule has 0 radical (unpaired) electrons. The number of aliphatic carboxylic acids is 4. The molecule has 5 aliphatic heterocycles. The molecule has 20 nitrogen and oxygen atoms in total. The highest BCUT2D eigenvalue weighted by atomic mass is 35.5. The second-order valence-corrected chi connectivity index (χ2v) is 39.1. The number of benzene rings is 11. The first kappa shape index (κ1) is 96.4. The summed E-state index contributed by atoms with van der Waals surface area (Å²) in [7, 11) is 0. The molecule has 0 bridgehead atoms. The lowest BCUT2D eigenvalue weighted by Crippen LogP contribution is -2.47. The van der Waals surface area contributed by atoms with Crippen molar-refractivity contribution in [1.82, 2.24) is 4.90 Å². The molecule has 5 fully saturated rings. The Hall–Kier alpha value is -13.3. The lowest BCUT2D eigenvalue weighted by molar-refractivity contribution is -0.139. The van der Waals surface area contributed by atoms with E-state index in [1.165, 1.54) is 66.8 Å². The molecule has 4 saturated carbocycles. The number of fused-ring (bicyclic) bond motifs is 4. The SMILES string of the molecule is O=C(O)CC1CCC(c2ccc(-c3ccc4c(c3)CCN4C(=O)Cc3ccccc3)cc2)CC1.O=C(O)CC1CCC(c2ccc(-c3ccc4c(c3)CCN4C(=O)N3CCOCC3)cc2)CC1.O=C(O)CC1CCC(c2ccc(-c3ccc4c(c3)CCN4C(=O)Nc3cc(F)cc(F)c3)cc2)CC1.O=C(O)CC1CCC(c2ccc(-c3ccc4c(c3)CCN4C(=O)Nc3ccc(Cl)cc3)cc2)CC1. The topological polar surface area (TPSA) is 267 Å². The summed E-state index contributed by atoms with van der Waals surface area (Å²) in [5.41, 5.74) is 25.0. The predicted molar refractivity (Wildman–Crippen MR) is 538 cm³/mol. The lowest BCUT2D eigenvalue weighted by Gasteiger charge is -2.31. The van der Waals surface area contributed by atoms with E-state index in [0.717, 1.165) is 210 Å². The lowest BCUT2D eigenvalue weighted by atomic mass is 9.77. The Morgan fingerprint density at radius 3 is 0.949 bits per heavy atom. The number of carboxylic acids is 4. The van der Waals surface area contributed by atoms with Gasteiger partial charge in [0.15, 0.2) is 0 Å². The summed E-state index contributed by atoms with van der Waals surface area (Å²) in [6.45, 7) is 5.18. The summed E-state index contributed by atoms with van der Waals surface area (Å²) in [6.07, 6.45) is 21.3. The highest BCUT2D eigenvalue weighted by Crippen LogP contribution is 2.46. The number of rotatable bonds is 20. The minimum atomic E-state index is -0.742. The zero-order chi connectivity index (χ0) is 95.9. The minimum Gasteiger partial charge on any atom is -0.481 e. The number of halogens is 3. The molecule has 9 aliphatic rings. The van der Waals surface area contributed by atoms with Gasteiger partial charge >= 0.3 is 42.0 Å². The van der Waals surface area contributed by atoms with Gasteiger partial charge in [-0.3, -0.25) is 38.7 Å². The van der Waals surface area contributed by atoms with Crippen LogP contribution < -0.4 is 30.2 Å². The highest BCUT2D eigenvalue weighted by Gasteiger charge is 2.35. The van der Waals surface area contributed by atoms with Crippen LogP contribution in [0.15, 0.2) is 243 Å². The molecule has 11 aromatic rings. The van der Waals surface area contributed by atoms with Gasteiger partial charge in [0.2, 0.25) is 5.91 Å². The van der Waals surface area contributed by atoms with E-state index in [1.54, 1.807) is 34.1 Å². The third-order valence-electron chi connectivity index (χ3n) is 29.7. The van der Waals surface area contributed by atoms with Gasteiger partial charge < -0.3 is 45.6 Å². The van der Waals surface area contributed by atoms with Crippen molar-refractivity contribution in [3.05, 3.63) is 309 Å². The largest absolute Gasteiger partial charge is 0.481 e. The molecule has 0 atom stereocenters. The second kappa shape index (κ2) is 44.9. The van der Waals surface area contributed by atoms with Crippen molar-refractivity contribution in [3.8, 4) is 44.5 Å². The molecule has 20 rings (SSSR count). The van der Waals surface area contributed by atoms with E-state index in [4.69, 9.17) is 36.8 Å². The van der Waals surface area contributed by atoms with Crippen LogP contribution in [0.2, 0.25) is 5.02 Å². The average Bonchev–Trinajstić information content (AvgIpc) is 1.64. The Morgan fingerprint density at radius 2 is 0.616 bits per heavy atom. The molecule has 1 saturated heterocycles. The zero-order valence-corrected chi connectivity index (χ0v) is 78.6. The van der Waals surface area contributed by atoms with Crippen LogP contribution in [-0.2, 0) is 60.8 Å². The first-order valence-corrected chi connectivity index (χ1v) is 49.5. The summed E-state index contributed by atoms with van der Waals surface area (Å²) in [5, 5.41) is 42.3. The van der Waals surface area contributed by atoms with E-state index in [2.05, 4.69) is 162 Å². The van der Waals surface area contributed by atoms with Gasteiger partial charge in [-0.05, 0) is 355 Å². The van der Waals surface area contributed by atoms with Gasteiger partial charge in [-0.1, -0.05) is 163 Å². The molecule has 11 aromatic carbocycles. The Bertz CT molecular complexity index is 6150. The van der Waals surface area contributed by atoms with Gasteiger partial charge in [-0.25, -0.2) is 23.2 Å². The highest BCUT2D eigenvalue weighted by molar-refractivity contribution is 6.30. The Labute approximate surface area is 810 Å². The molecular weight excluding hydrogens is 1760 g/mol. The van der Waals surface area contributed by atoms with Crippen LogP contribution in [0.5, 0.6) is 0 Å². The van der Waals surface area contributed by atoms with Crippen molar-refractivity contribution in [3.63, 3.8) is 0 Å². The number of carboxylic acid groups (broad SMARTS) is 4. The monoisotopic (exact) mass is 1880 g/mol. The number of amides is 7. The Kier molecular flexibility index (Phi) is 31.3. The number of anilines is 6. The first-order valence-electron chi connectivity index (χ1n) is 49.1. The third kappa shape index (κ3) is 24.4. The van der Waals surface area contributed by atoms with E-state index < -0.39 is 41.5 Å². The van der Waals surface area contributed by atoms with E-state index in [0.29, 0.717) is 124 Å². The van der Waals surface area contributed by atoms with Gasteiger partial charge in [0.05, 0.1) is 19.6 Å². The predicted octanol–water partition coefficient (Wildman–Crippen LogP) is 25.5.